The fourth-order valence-electron chi connectivity index (χ4n) is 2.55. The van der Waals surface area contributed by atoms with Crippen LogP contribution in [0.1, 0.15) is 47.7 Å². The molecule has 1 heterocycles. The second kappa shape index (κ2) is 6.57. The summed E-state index contributed by atoms with van der Waals surface area (Å²) in [6.45, 7) is 5.47. The van der Waals surface area contributed by atoms with Crippen LogP contribution >= 0.6 is 0 Å². The van der Waals surface area contributed by atoms with Gasteiger partial charge in [0.05, 0.1) is 6.42 Å². The summed E-state index contributed by atoms with van der Waals surface area (Å²) in [6.07, 6.45) is 3.82. The van der Waals surface area contributed by atoms with E-state index in [1.165, 1.54) is 0 Å². The van der Waals surface area contributed by atoms with Gasteiger partial charge >= 0.3 is 5.97 Å². The summed E-state index contributed by atoms with van der Waals surface area (Å²) in [5.74, 6) is -0.771. The Hall–Kier alpha value is -2.10. The predicted molar refractivity (Wildman–Crippen MR) is 82.2 cm³/mol. The van der Waals surface area contributed by atoms with Crippen LogP contribution in [0, 0.1) is 6.92 Å². The number of likely N-dealkylation sites (tertiary alicyclic amines) is 1. The molecule has 1 aliphatic rings. The van der Waals surface area contributed by atoms with Crippen molar-refractivity contribution in [1.82, 2.24) is 4.90 Å². The molecule has 1 N–H and O–H groups in total. The number of aliphatic carboxylic acids is 1. The van der Waals surface area contributed by atoms with E-state index in [2.05, 4.69) is 0 Å². The Morgan fingerprint density at radius 1 is 1.29 bits per heavy atom. The topological polar surface area (TPSA) is 57.6 Å². The molecule has 1 amide bonds. The zero-order valence-corrected chi connectivity index (χ0v) is 12.6. The van der Waals surface area contributed by atoms with Crippen molar-refractivity contribution in [3.63, 3.8) is 0 Å². The lowest BCUT2D eigenvalue weighted by molar-refractivity contribution is -0.135. The monoisotopic (exact) mass is 287 g/mol. The minimum atomic E-state index is -0.852. The fourth-order valence-corrected chi connectivity index (χ4v) is 2.55. The Morgan fingerprint density at radius 3 is 2.57 bits per heavy atom. The number of hydrogen-bond acceptors (Lipinski definition) is 2. The molecule has 112 valence electrons. The lowest BCUT2D eigenvalue weighted by Crippen LogP contribution is -2.28. The van der Waals surface area contributed by atoms with E-state index in [9.17, 15) is 9.59 Å². The molecule has 1 aliphatic heterocycles. The lowest BCUT2D eigenvalue weighted by Gasteiger charge is -2.17. The van der Waals surface area contributed by atoms with E-state index in [-0.39, 0.29) is 12.3 Å². The number of allylic oxidation sites excluding steroid dienone is 1. The Morgan fingerprint density at radius 2 is 1.95 bits per heavy atom. The summed E-state index contributed by atoms with van der Waals surface area (Å²) in [7, 11) is 0. The van der Waals surface area contributed by atoms with Crippen molar-refractivity contribution in [2.75, 3.05) is 13.1 Å². The van der Waals surface area contributed by atoms with E-state index in [4.69, 9.17) is 5.11 Å². The number of benzene rings is 1. The number of nitrogens with zero attached hydrogens (tertiary/aromatic N) is 1. The highest BCUT2D eigenvalue weighted by Crippen LogP contribution is 2.21. The van der Waals surface area contributed by atoms with Gasteiger partial charge in [0.15, 0.2) is 0 Å². The van der Waals surface area contributed by atoms with Crippen molar-refractivity contribution < 1.29 is 14.7 Å². The third kappa shape index (κ3) is 3.72. The van der Waals surface area contributed by atoms with Gasteiger partial charge in [-0.3, -0.25) is 9.59 Å². The Balaban J connectivity index is 2.26. The molecule has 0 aliphatic carbocycles. The van der Waals surface area contributed by atoms with Crippen LogP contribution in [0.2, 0.25) is 0 Å². The van der Waals surface area contributed by atoms with Crippen LogP contribution in [0.4, 0.5) is 0 Å². The highest BCUT2D eigenvalue weighted by molar-refractivity contribution is 5.96. The molecule has 1 fully saturated rings. The maximum absolute atomic E-state index is 12.5. The summed E-state index contributed by atoms with van der Waals surface area (Å²) in [6, 6.07) is 5.74. The van der Waals surface area contributed by atoms with Gasteiger partial charge in [-0.1, -0.05) is 18.2 Å². The van der Waals surface area contributed by atoms with Crippen molar-refractivity contribution in [3.8, 4) is 0 Å². The van der Waals surface area contributed by atoms with Gasteiger partial charge in [-0.2, -0.15) is 0 Å². The third-order valence-electron chi connectivity index (χ3n) is 3.90. The first-order valence-electron chi connectivity index (χ1n) is 7.28. The van der Waals surface area contributed by atoms with E-state index in [1.54, 1.807) is 6.08 Å². The zero-order chi connectivity index (χ0) is 15.4. The minimum absolute atomic E-state index is 0.00485. The number of amides is 1. The van der Waals surface area contributed by atoms with Crippen LogP contribution in [0.5, 0.6) is 0 Å². The minimum Gasteiger partial charge on any atom is -0.481 e. The number of hydrogen-bond donors (Lipinski definition) is 1. The molecule has 2 rings (SSSR count). The van der Waals surface area contributed by atoms with Crippen LogP contribution < -0.4 is 0 Å². The maximum Gasteiger partial charge on any atom is 0.307 e. The molecular weight excluding hydrogens is 266 g/mol. The molecule has 4 heteroatoms. The SMILES string of the molecule is C/C(=C\CC(=O)O)c1ccc(C)c(C(=O)N2CCCC2)c1. The predicted octanol–water partition coefficient (Wildman–Crippen LogP) is 3.11. The lowest BCUT2D eigenvalue weighted by atomic mass is 9.99. The number of carbonyl (C=O) groups excluding carboxylic acids is 1. The number of aryl methyl sites for hydroxylation is 1. The second-order valence-corrected chi connectivity index (χ2v) is 5.51. The number of rotatable bonds is 4. The van der Waals surface area contributed by atoms with E-state index >= 15 is 0 Å². The molecule has 0 spiro atoms. The molecule has 0 aromatic heterocycles. The summed E-state index contributed by atoms with van der Waals surface area (Å²) in [5, 5.41) is 8.73. The van der Waals surface area contributed by atoms with Crippen molar-refractivity contribution in [2.45, 2.75) is 33.1 Å². The number of carbonyl (C=O) groups is 2. The quantitative estimate of drug-likeness (QED) is 0.925. The van der Waals surface area contributed by atoms with Crippen LogP contribution in [0.25, 0.3) is 5.57 Å². The van der Waals surface area contributed by atoms with Crippen LogP contribution in [-0.2, 0) is 4.79 Å². The van der Waals surface area contributed by atoms with Gasteiger partial charge in [-0.25, -0.2) is 0 Å². The molecule has 0 unspecified atom stereocenters. The summed E-state index contributed by atoms with van der Waals surface area (Å²) in [4.78, 5) is 25.0. The van der Waals surface area contributed by atoms with E-state index in [1.807, 2.05) is 36.9 Å². The molecule has 1 saturated heterocycles. The van der Waals surface area contributed by atoms with E-state index < -0.39 is 5.97 Å². The zero-order valence-electron chi connectivity index (χ0n) is 12.6. The molecule has 1 aromatic rings. The summed E-state index contributed by atoms with van der Waals surface area (Å²) < 4.78 is 0. The largest absolute Gasteiger partial charge is 0.481 e. The first-order valence-corrected chi connectivity index (χ1v) is 7.28. The average molecular weight is 287 g/mol. The molecular formula is C17H21NO3. The highest BCUT2D eigenvalue weighted by atomic mass is 16.4. The first-order chi connectivity index (χ1) is 9.99. The van der Waals surface area contributed by atoms with Gasteiger partial charge in [0.2, 0.25) is 0 Å². The average Bonchev–Trinajstić information content (AvgIpc) is 2.98. The van der Waals surface area contributed by atoms with Gasteiger partial charge < -0.3 is 10.0 Å². The molecule has 1 aromatic carbocycles. The molecule has 4 nitrogen and oxygen atoms in total. The van der Waals surface area contributed by atoms with E-state index in [0.717, 1.165) is 48.2 Å². The fraction of sp³-hybridized carbons (Fsp3) is 0.412. The first kappa shape index (κ1) is 15.3. The summed E-state index contributed by atoms with van der Waals surface area (Å²) in [5.41, 5.74) is 3.47. The molecule has 0 bridgehead atoms. The van der Waals surface area contributed by atoms with Crippen molar-refractivity contribution >= 4 is 17.4 Å². The van der Waals surface area contributed by atoms with E-state index in [0.29, 0.717) is 0 Å². The van der Waals surface area contributed by atoms with Crippen molar-refractivity contribution in [2.24, 2.45) is 0 Å². The molecule has 0 atom stereocenters. The Bertz CT molecular complexity index is 584. The van der Waals surface area contributed by atoms with Gasteiger partial charge in [0, 0.05) is 18.7 Å². The molecule has 0 radical (unpaired) electrons. The van der Waals surface area contributed by atoms with Crippen LogP contribution in [-0.4, -0.2) is 35.0 Å². The van der Waals surface area contributed by atoms with Gasteiger partial charge in [-0.05, 0) is 49.5 Å². The number of carboxylic acids is 1. The van der Waals surface area contributed by atoms with Crippen molar-refractivity contribution in [1.29, 1.82) is 0 Å². The number of carboxylic acid groups (broad SMARTS) is 1. The second-order valence-electron chi connectivity index (χ2n) is 5.51. The highest BCUT2D eigenvalue weighted by Gasteiger charge is 2.21. The Labute approximate surface area is 125 Å². The molecule has 21 heavy (non-hydrogen) atoms. The smallest absolute Gasteiger partial charge is 0.307 e. The van der Waals surface area contributed by atoms with Crippen LogP contribution in [0.3, 0.4) is 0 Å². The standard InChI is InChI=1S/C17H21NO3/c1-12(6-8-16(19)20)14-7-5-13(2)15(11-14)17(21)18-9-3-4-10-18/h5-7,11H,3-4,8-10H2,1-2H3,(H,19,20)/b12-6+. The van der Waals surface area contributed by atoms with Gasteiger partial charge in [0.25, 0.3) is 5.91 Å². The third-order valence-corrected chi connectivity index (χ3v) is 3.90. The van der Waals surface area contributed by atoms with Crippen molar-refractivity contribution in [3.05, 3.63) is 41.0 Å². The van der Waals surface area contributed by atoms with Gasteiger partial charge in [-0.15, -0.1) is 0 Å². The summed E-state index contributed by atoms with van der Waals surface area (Å²) >= 11 is 0. The maximum atomic E-state index is 12.5. The van der Waals surface area contributed by atoms with Crippen LogP contribution in [0.15, 0.2) is 24.3 Å². The molecule has 0 saturated carbocycles. The van der Waals surface area contributed by atoms with Gasteiger partial charge in [0.1, 0.15) is 0 Å². The Kier molecular flexibility index (Phi) is 4.78. The normalized spacial score (nSPS) is 15.3.